The SMILES string of the molecule is C=CCNC(=O)CSCc1nc2sc3c(c2c(=O)[nH]1)CCCC3. The van der Waals surface area contributed by atoms with Crippen molar-refractivity contribution >= 4 is 39.2 Å². The van der Waals surface area contributed by atoms with E-state index in [0.717, 1.165) is 29.5 Å². The number of amides is 1. The molecular formula is C16H19N3O2S2. The molecule has 1 aliphatic rings. The Morgan fingerprint density at radius 2 is 2.26 bits per heavy atom. The molecule has 2 N–H and O–H groups in total. The Morgan fingerprint density at radius 1 is 1.43 bits per heavy atom. The summed E-state index contributed by atoms with van der Waals surface area (Å²) in [6.45, 7) is 4.03. The zero-order valence-corrected chi connectivity index (χ0v) is 14.4. The topological polar surface area (TPSA) is 74.8 Å². The molecule has 0 unspecified atom stereocenters. The number of carbonyl (C=O) groups is 1. The molecule has 0 radical (unpaired) electrons. The second kappa shape index (κ2) is 7.31. The molecule has 3 rings (SSSR count). The van der Waals surface area contributed by atoms with Gasteiger partial charge in [0.15, 0.2) is 0 Å². The predicted octanol–water partition coefficient (Wildman–Crippen LogP) is 2.40. The van der Waals surface area contributed by atoms with E-state index in [1.165, 1.54) is 28.6 Å². The predicted molar refractivity (Wildman–Crippen MR) is 96.3 cm³/mol. The maximum absolute atomic E-state index is 12.4. The van der Waals surface area contributed by atoms with E-state index in [-0.39, 0.29) is 11.5 Å². The molecule has 0 saturated carbocycles. The van der Waals surface area contributed by atoms with Crippen LogP contribution in [-0.4, -0.2) is 28.2 Å². The van der Waals surface area contributed by atoms with Crippen LogP contribution in [0.3, 0.4) is 0 Å². The minimum atomic E-state index is -0.0406. The standard InChI is InChI=1S/C16H19N3O2S2/c1-2-7-17-13(20)9-22-8-12-18-15(21)14-10-5-3-4-6-11(10)23-16(14)19-12/h2H,1,3-9H2,(H,17,20)(H,18,19,21). The number of nitrogens with zero attached hydrogens (tertiary/aromatic N) is 1. The lowest BCUT2D eigenvalue weighted by atomic mass is 9.97. The first-order valence-electron chi connectivity index (χ1n) is 7.68. The smallest absolute Gasteiger partial charge is 0.259 e. The summed E-state index contributed by atoms with van der Waals surface area (Å²) in [5.41, 5.74) is 1.16. The summed E-state index contributed by atoms with van der Waals surface area (Å²) in [4.78, 5) is 33.5. The number of aromatic amines is 1. The van der Waals surface area contributed by atoms with Gasteiger partial charge in [-0.2, -0.15) is 0 Å². The Kier molecular flexibility index (Phi) is 5.17. The normalized spacial score (nSPS) is 13.7. The van der Waals surface area contributed by atoms with Crippen LogP contribution in [0.25, 0.3) is 10.2 Å². The molecule has 122 valence electrons. The van der Waals surface area contributed by atoms with Crippen molar-refractivity contribution in [1.82, 2.24) is 15.3 Å². The number of hydrogen-bond donors (Lipinski definition) is 2. The first kappa shape index (κ1) is 16.3. The second-order valence-corrected chi connectivity index (χ2v) is 7.56. The third-order valence-electron chi connectivity index (χ3n) is 3.79. The van der Waals surface area contributed by atoms with E-state index in [0.29, 0.717) is 23.9 Å². The van der Waals surface area contributed by atoms with Crippen LogP contribution in [0.1, 0.15) is 29.1 Å². The van der Waals surface area contributed by atoms with Crippen LogP contribution < -0.4 is 10.9 Å². The van der Waals surface area contributed by atoms with E-state index >= 15 is 0 Å². The van der Waals surface area contributed by atoms with E-state index in [9.17, 15) is 9.59 Å². The Labute approximate surface area is 142 Å². The molecule has 1 aliphatic carbocycles. The van der Waals surface area contributed by atoms with Crippen LogP contribution in [0.15, 0.2) is 17.4 Å². The second-order valence-electron chi connectivity index (χ2n) is 5.49. The number of thioether (sulfide) groups is 1. The fourth-order valence-electron chi connectivity index (χ4n) is 2.75. The quantitative estimate of drug-likeness (QED) is 0.785. The maximum atomic E-state index is 12.4. The van der Waals surface area contributed by atoms with Crippen molar-refractivity contribution in [3.8, 4) is 0 Å². The highest BCUT2D eigenvalue weighted by Gasteiger charge is 2.19. The molecule has 7 heteroatoms. The van der Waals surface area contributed by atoms with Gasteiger partial charge in [0.2, 0.25) is 5.91 Å². The fourth-order valence-corrected chi connectivity index (χ4v) is 4.75. The van der Waals surface area contributed by atoms with Crippen molar-refractivity contribution in [1.29, 1.82) is 0 Å². The molecule has 0 aliphatic heterocycles. The van der Waals surface area contributed by atoms with Gasteiger partial charge in [0, 0.05) is 11.4 Å². The van der Waals surface area contributed by atoms with Crippen LogP contribution >= 0.6 is 23.1 Å². The van der Waals surface area contributed by atoms with Crippen molar-refractivity contribution in [3.63, 3.8) is 0 Å². The number of aryl methyl sites for hydroxylation is 2. The number of hydrogen-bond acceptors (Lipinski definition) is 5. The molecule has 0 saturated heterocycles. The largest absolute Gasteiger partial charge is 0.352 e. The van der Waals surface area contributed by atoms with Gasteiger partial charge in [-0.3, -0.25) is 9.59 Å². The number of fused-ring (bicyclic) bond motifs is 3. The molecule has 0 bridgehead atoms. The monoisotopic (exact) mass is 349 g/mol. The van der Waals surface area contributed by atoms with Crippen LogP contribution in [0.5, 0.6) is 0 Å². The van der Waals surface area contributed by atoms with Crippen molar-refractivity contribution in [2.75, 3.05) is 12.3 Å². The molecule has 2 heterocycles. The van der Waals surface area contributed by atoms with Gasteiger partial charge in [0.1, 0.15) is 10.7 Å². The van der Waals surface area contributed by atoms with Gasteiger partial charge in [0.05, 0.1) is 16.9 Å². The summed E-state index contributed by atoms with van der Waals surface area (Å²) >= 11 is 3.09. The summed E-state index contributed by atoms with van der Waals surface area (Å²) in [7, 11) is 0. The fraction of sp³-hybridized carbons (Fsp3) is 0.438. The molecule has 2 aromatic heterocycles. The van der Waals surface area contributed by atoms with Gasteiger partial charge in [-0.1, -0.05) is 6.08 Å². The molecule has 1 amide bonds. The summed E-state index contributed by atoms with van der Waals surface area (Å²) in [6, 6.07) is 0. The molecule has 23 heavy (non-hydrogen) atoms. The Hall–Kier alpha value is -1.60. The third-order valence-corrected chi connectivity index (χ3v) is 5.92. The van der Waals surface area contributed by atoms with E-state index < -0.39 is 0 Å². The molecule has 0 atom stereocenters. The van der Waals surface area contributed by atoms with Crippen molar-refractivity contribution < 1.29 is 4.79 Å². The molecule has 2 aromatic rings. The molecule has 0 spiro atoms. The van der Waals surface area contributed by atoms with Crippen LogP contribution in [0.4, 0.5) is 0 Å². The number of H-pyrrole nitrogens is 1. The first-order valence-corrected chi connectivity index (χ1v) is 9.65. The molecule has 0 aromatic carbocycles. The number of aromatic nitrogens is 2. The van der Waals surface area contributed by atoms with Gasteiger partial charge in [-0.15, -0.1) is 29.7 Å². The average Bonchev–Trinajstić information content (AvgIpc) is 2.91. The van der Waals surface area contributed by atoms with Crippen LogP contribution in [0, 0.1) is 0 Å². The van der Waals surface area contributed by atoms with Crippen molar-refractivity contribution in [3.05, 3.63) is 39.3 Å². The maximum Gasteiger partial charge on any atom is 0.259 e. The number of nitrogens with one attached hydrogen (secondary N) is 2. The number of rotatable bonds is 6. The third kappa shape index (κ3) is 3.67. The van der Waals surface area contributed by atoms with Gasteiger partial charge in [-0.25, -0.2) is 4.98 Å². The molecule has 0 fully saturated rings. The lowest BCUT2D eigenvalue weighted by molar-refractivity contribution is -0.118. The Bertz CT molecular complexity index is 794. The van der Waals surface area contributed by atoms with E-state index in [2.05, 4.69) is 21.9 Å². The lowest BCUT2D eigenvalue weighted by Crippen LogP contribution is -2.25. The zero-order chi connectivity index (χ0) is 16.2. The highest BCUT2D eigenvalue weighted by atomic mass is 32.2. The molecular weight excluding hydrogens is 330 g/mol. The van der Waals surface area contributed by atoms with E-state index in [4.69, 9.17) is 0 Å². The van der Waals surface area contributed by atoms with Gasteiger partial charge in [-0.05, 0) is 31.2 Å². The van der Waals surface area contributed by atoms with Crippen LogP contribution in [0.2, 0.25) is 0 Å². The number of thiophene rings is 1. The van der Waals surface area contributed by atoms with Crippen LogP contribution in [-0.2, 0) is 23.4 Å². The van der Waals surface area contributed by atoms with Gasteiger partial charge >= 0.3 is 0 Å². The van der Waals surface area contributed by atoms with E-state index in [1.807, 2.05) is 0 Å². The summed E-state index contributed by atoms with van der Waals surface area (Å²) in [5, 5.41) is 3.50. The van der Waals surface area contributed by atoms with Gasteiger partial charge in [0.25, 0.3) is 5.56 Å². The highest BCUT2D eigenvalue weighted by molar-refractivity contribution is 7.99. The summed E-state index contributed by atoms with van der Waals surface area (Å²) in [5.74, 6) is 1.47. The van der Waals surface area contributed by atoms with Crippen molar-refractivity contribution in [2.24, 2.45) is 0 Å². The summed E-state index contributed by atoms with van der Waals surface area (Å²) in [6.07, 6.45) is 6.03. The summed E-state index contributed by atoms with van der Waals surface area (Å²) < 4.78 is 0. The Balaban J connectivity index is 1.72. The number of carbonyl (C=O) groups excluding carboxylic acids is 1. The van der Waals surface area contributed by atoms with E-state index in [1.54, 1.807) is 17.4 Å². The molecule has 5 nitrogen and oxygen atoms in total. The highest BCUT2D eigenvalue weighted by Crippen LogP contribution is 2.33. The minimum Gasteiger partial charge on any atom is -0.352 e. The zero-order valence-electron chi connectivity index (χ0n) is 12.8. The minimum absolute atomic E-state index is 0.0371. The average molecular weight is 349 g/mol. The van der Waals surface area contributed by atoms with Crippen molar-refractivity contribution in [2.45, 2.75) is 31.4 Å². The first-order chi connectivity index (χ1) is 11.2. The Morgan fingerprint density at radius 3 is 3.09 bits per heavy atom. The van der Waals surface area contributed by atoms with Gasteiger partial charge < -0.3 is 10.3 Å². The lowest BCUT2D eigenvalue weighted by Gasteiger charge is -2.09.